The van der Waals surface area contributed by atoms with Crippen molar-refractivity contribution in [3.63, 3.8) is 0 Å². The van der Waals surface area contributed by atoms with Gasteiger partial charge in [0.05, 0.1) is 12.4 Å². The number of benzene rings is 4. The smallest absolute Gasteiger partial charge is 0.108 e. The molecule has 1 heterocycles. The molecule has 5 rings (SSSR count). The van der Waals surface area contributed by atoms with E-state index in [0.717, 1.165) is 0 Å². The second-order valence-electron chi connectivity index (χ2n) is 7.47. The molecular formula is C28H26BN. The first kappa shape index (κ1) is 19.7. The van der Waals surface area contributed by atoms with Gasteiger partial charge in [0.2, 0.25) is 0 Å². The SMILES string of the molecule is C1=C[NH2+]C=C1.c1ccc([B-](c2ccccc2)(c2ccccc2)c2ccccc2)cc1. The van der Waals surface area contributed by atoms with Crippen LogP contribution < -0.4 is 27.2 Å². The van der Waals surface area contributed by atoms with E-state index >= 15 is 0 Å². The summed E-state index contributed by atoms with van der Waals surface area (Å²) < 4.78 is 0. The lowest BCUT2D eigenvalue weighted by Gasteiger charge is -2.44. The average Bonchev–Trinajstić information content (AvgIpc) is 3.43. The van der Waals surface area contributed by atoms with Crippen molar-refractivity contribution >= 4 is 28.0 Å². The maximum Gasteiger partial charge on any atom is 0.108 e. The van der Waals surface area contributed by atoms with Crippen LogP contribution in [-0.2, 0) is 0 Å². The van der Waals surface area contributed by atoms with Gasteiger partial charge < -0.3 is 0 Å². The van der Waals surface area contributed by atoms with E-state index in [1.165, 1.54) is 21.9 Å². The summed E-state index contributed by atoms with van der Waals surface area (Å²) in [6.45, 7) is 0. The zero-order valence-electron chi connectivity index (χ0n) is 17.0. The molecule has 0 radical (unpaired) electrons. The fraction of sp³-hybridized carbons (Fsp3) is 0. The molecule has 0 atom stereocenters. The Morgan fingerprint density at radius 2 is 0.633 bits per heavy atom. The second kappa shape index (κ2) is 9.73. The Labute approximate surface area is 179 Å². The summed E-state index contributed by atoms with van der Waals surface area (Å²) in [5.74, 6) is 0. The Bertz CT molecular complexity index is 915. The average molecular weight is 387 g/mol. The van der Waals surface area contributed by atoms with Crippen molar-refractivity contribution in [1.82, 2.24) is 0 Å². The van der Waals surface area contributed by atoms with E-state index in [4.69, 9.17) is 0 Å². The molecule has 2 N–H and O–H groups in total. The van der Waals surface area contributed by atoms with Gasteiger partial charge in [0.15, 0.2) is 0 Å². The Morgan fingerprint density at radius 3 is 0.833 bits per heavy atom. The van der Waals surface area contributed by atoms with E-state index in [1.807, 2.05) is 29.9 Å². The maximum absolute atomic E-state index is 2.26. The van der Waals surface area contributed by atoms with Crippen molar-refractivity contribution in [3.8, 4) is 0 Å². The molecule has 146 valence electrons. The monoisotopic (exact) mass is 387 g/mol. The molecule has 0 amide bonds. The Kier molecular flexibility index (Phi) is 6.39. The van der Waals surface area contributed by atoms with Gasteiger partial charge in [-0.2, -0.15) is 21.9 Å². The molecular weight excluding hydrogens is 361 g/mol. The molecule has 0 aliphatic carbocycles. The van der Waals surface area contributed by atoms with E-state index in [9.17, 15) is 0 Å². The van der Waals surface area contributed by atoms with Crippen molar-refractivity contribution in [2.24, 2.45) is 0 Å². The summed E-state index contributed by atoms with van der Waals surface area (Å²) >= 11 is 0. The Morgan fingerprint density at radius 1 is 0.367 bits per heavy atom. The van der Waals surface area contributed by atoms with Crippen LogP contribution >= 0.6 is 0 Å². The van der Waals surface area contributed by atoms with Crippen molar-refractivity contribution in [1.29, 1.82) is 0 Å². The van der Waals surface area contributed by atoms with Crippen LogP contribution in [0.3, 0.4) is 0 Å². The van der Waals surface area contributed by atoms with Crippen LogP contribution in [0.2, 0.25) is 0 Å². The number of nitrogens with two attached hydrogens (primary N) is 1. The maximum atomic E-state index is 2.26. The molecule has 1 aliphatic rings. The molecule has 0 spiro atoms. The highest BCUT2D eigenvalue weighted by atomic mass is 14.8. The molecule has 0 fully saturated rings. The first-order chi connectivity index (χ1) is 14.9. The summed E-state index contributed by atoms with van der Waals surface area (Å²) in [4.78, 5) is 0. The van der Waals surface area contributed by atoms with Gasteiger partial charge in [-0.05, 0) is 12.2 Å². The molecule has 4 aromatic carbocycles. The van der Waals surface area contributed by atoms with Crippen LogP contribution in [0.5, 0.6) is 0 Å². The topological polar surface area (TPSA) is 16.6 Å². The second-order valence-corrected chi connectivity index (χ2v) is 7.47. The number of allylic oxidation sites excluding steroid dienone is 2. The fourth-order valence-corrected chi connectivity index (χ4v) is 4.44. The van der Waals surface area contributed by atoms with Crippen LogP contribution in [0.25, 0.3) is 0 Å². The fourth-order valence-electron chi connectivity index (χ4n) is 4.44. The van der Waals surface area contributed by atoms with Crippen molar-refractivity contribution in [2.45, 2.75) is 0 Å². The summed E-state index contributed by atoms with van der Waals surface area (Å²) in [5, 5.41) is 2.00. The van der Waals surface area contributed by atoms with Crippen LogP contribution in [0.1, 0.15) is 0 Å². The van der Waals surface area contributed by atoms with Gasteiger partial charge >= 0.3 is 0 Å². The largest absolute Gasteiger partial charge is 0.294 e. The standard InChI is InChI=1S/C24H20B.C4H5N/c1-5-13-21(14-6-1)25(22-15-7-2-8-16-22,23-17-9-3-10-18-23)24-19-11-4-12-20-24;1-2-4-5-3-1/h1-20H;1-5H/q-1;/p+1. The quantitative estimate of drug-likeness (QED) is 0.519. The third-order valence-electron chi connectivity index (χ3n) is 5.75. The van der Waals surface area contributed by atoms with E-state index < -0.39 is 6.15 Å². The highest BCUT2D eigenvalue weighted by Crippen LogP contribution is 2.09. The van der Waals surface area contributed by atoms with Gasteiger partial charge in [-0.15, -0.1) is 0 Å². The van der Waals surface area contributed by atoms with Crippen molar-refractivity contribution < 1.29 is 5.32 Å². The van der Waals surface area contributed by atoms with E-state index in [-0.39, 0.29) is 0 Å². The van der Waals surface area contributed by atoms with Crippen LogP contribution in [0.4, 0.5) is 0 Å². The minimum atomic E-state index is -1.22. The van der Waals surface area contributed by atoms with E-state index in [0.29, 0.717) is 0 Å². The van der Waals surface area contributed by atoms with Gasteiger partial charge in [-0.3, -0.25) is 5.32 Å². The summed E-state index contributed by atoms with van der Waals surface area (Å²) in [7, 11) is 0. The van der Waals surface area contributed by atoms with Crippen LogP contribution in [0.15, 0.2) is 146 Å². The minimum Gasteiger partial charge on any atom is -0.294 e. The molecule has 1 aliphatic heterocycles. The van der Waals surface area contributed by atoms with Gasteiger partial charge in [0, 0.05) is 0 Å². The summed E-state index contributed by atoms with van der Waals surface area (Å²) in [5.41, 5.74) is 5.36. The van der Waals surface area contributed by atoms with Crippen LogP contribution in [0, 0.1) is 0 Å². The predicted octanol–water partition coefficient (Wildman–Crippen LogP) is 2.65. The van der Waals surface area contributed by atoms with Crippen molar-refractivity contribution in [2.75, 3.05) is 0 Å². The molecule has 30 heavy (non-hydrogen) atoms. The molecule has 1 nitrogen and oxygen atoms in total. The lowest BCUT2D eigenvalue weighted by atomic mass is 9.13. The Balaban J connectivity index is 0.000000383. The van der Waals surface area contributed by atoms with Gasteiger partial charge in [-0.1, -0.05) is 121 Å². The zero-order valence-corrected chi connectivity index (χ0v) is 17.0. The van der Waals surface area contributed by atoms with E-state index in [1.54, 1.807) is 0 Å². The molecule has 0 bridgehead atoms. The summed E-state index contributed by atoms with van der Waals surface area (Å²) in [6.07, 6.45) is 6.78. The third kappa shape index (κ3) is 4.05. The van der Waals surface area contributed by atoms with E-state index in [2.05, 4.69) is 121 Å². The van der Waals surface area contributed by atoms with Gasteiger partial charge in [0.1, 0.15) is 6.15 Å². The van der Waals surface area contributed by atoms with Gasteiger partial charge in [0.25, 0.3) is 0 Å². The molecule has 0 aromatic heterocycles. The first-order valence-electron chi connectivity index (χ1n) is 10.5. The number of hydrogen-bond acceptors (Lipinski definition) is 0. The normalized spacial score (nSPS) is 12.3. The highest BCUT2D eigenvalue weighted by molar-refractivity contribution is 7.19. The van der Waals surface area contributed by atoms with Crippen molar-refractivity contribution in [3.05, 3.63) is 146 Å². The summed E-state index contributed by atoms with van der Waals surface area (Å²) in [6, 6.07) is 43.5. The predicted molar refractivity (Wildman–Crippen MR) is 130 cm³/mol. The lowest BCUT2D eigenvalue weighted by molar-refractivity contribution is -0.510. The third-order valence-corrected chi connectivity index (χ3v) is 5.75. The zero-order chi connectivity index (χ0) is 20.5. The molecule has 0 saturated carbocycles. The number of hydrogen-bond donors (Lipinski definition) is 1. The molecule has 0 unspecified atom stereocenters. The molecule has 4 aromatic rings. The lowest BCUT2D eigenvalue weighted by Crippen LogP contribution is -2.74. The molecule has 0 saturated heterocycles. The van der Waals surface area contributed by atoms with Gasteiger partial charge in [-0.25, -0.2) is 0 Å². The highest BCUT2D eigenvalue weighted by Gasteiger charge is 2.30. The molecule has 2 heteroatoms. The number of quaternary nitrogens is 1. The first-order valence-corrected chi connectivity index (χ1v) is 10.5. The van der Waals surface area contributed by atoms with Crippen LogP contribution in [-0.4, -0.2) is 6.15 Å². The minimum absolute atomic E-state index is 1.22. The Hall–Kier alpha value is -3.62. The number of rotatable bonds is 4.